The Balaban J connectivity index is 1.59. The Morgan fingerprint density at radius 2 is 1.87 bits per heavy atom. The number of carbonyl (C=O) groups is 1. The molecule has 1 aliphatic rings. The predicted molar refractivity (Wildman–Crippen MR) is 116 cm³/mol. The number of carbonyl (C=O) groups excluding carboxylic acids is 1. The fourth-order valence-electron chi connectivity index (χ4n) is 3.71. The van der Waals surface area contributed by atoms with E-state index in [9.17, 15) is 4.79 Å². The highest BCUT2D eigenvalue weighted by molar-refractivity contribution is 5.92. The summed E-state index contributed by atoms with van der Waals surface area (Å²) in [7, 11) is 0. The number of hydrogen-bond acceptors (Lipinski definition) is 5. The van der Waals surface area contributed by atoms with E-state index >= 15 is 0 Å². The van der Waals surface area contributed by atoms with Crippen LogP contribution in [0.1, 0.15) is 49.4 Å². The van der Waals surface area contributed by atoms with Gasteiger partial charge in [-0.1, -0.05) is 68.4 Å². The first-order chi connectivity index (χ1) is 14.5. The third-order valence-corrected chi connectivity index (χ3v) is 5.40. The molecule has 0 radical (unpaired) electrons. The number of rotatable bonds is 6. The lowest BCUT2D eigenvalue weighted by atomic mass is 9.93. The Morgan fingerprint density at radius 1 is 1.13 bits per heavy atom. The molecule has 1 aliphatic heterocycles. The highest BCUT2D eigenvalue weighted by Crippen LogP contribution is 2.35. The van der Waals surface area contributed by atoms with Crippen LogP contribution in [0.4, 0.5) is 5.95 Å². The van der Waals surface area contributed by atoms with Gasteiger partial charge in [-0.3, -0.25) is 0 Å². The topological polar surface area (TPSA) is 69.0 Å². The van der Waals surface area contributed by atoms with Gasteiger partial charge in [-0.15, -0.1) is 0 Å². The number of fused-ring (bicyclic) bond motifs is 1. The van der Waals surface area contributed by atoms with E-state index in [1.807, 2.05) is 37.3 Å². The van der Waals surface area contributed by atoms with Crippen molar-refractivity contribution in [2.24, 2.45) is 0 Å². The van der Waals surface area contributed by atoms with E-state index in [0.29, 0.717) is 30.5 Å². The van der Waals surface area contributed by atoms with Gasteiger partial charge in [0.15, 0.2) is 0 Å². The fraction of sp³-hybridized carbons (Fsp3) is 0.292. The second kappa shape index (κ2) is 8.53. The van der Waals surface area contributed by atoms with E-state index in [-0.39, 0.29) is 12.0 Å². The highest BCUT2D eigenvalue weighted by Gasteiger charge is 2.34. The number of hydrogen-bond donors (Lipinski definition) is 1. The molecule has 0 amide bonds. The first kappa shape index (κ1) is 19.9. The molecular formula is C24H26N4O2. The molecule has 154 valence electrons. The number of esters is 1. The van der Waals surface area contributed by atoms with Crippen molar-refractivity contribution in [3.8, 4) is 0 Å². The van der Waals surface area contributed by atoms with Crippen molar-refractivity contribution in [1.29, 1.82) is 0 Å². The number of anilines is 1. The zero-order valence-corrected chi connectivity index (χ0v) is 17.5. The molecule has 3 aromatic rings. The van der Waals surface area contributed by atoms with Gasteiger partial charge in [0.05, 0.1) is 12.2 Å². The zero-order chi connectivity index (χ0) is 21.1. The normalized spacial score (nSPS) is 15.7. The third-order valence-electron chi connectivity index (χ3n) is 5.40. The summed E-state index contributed by atoms with van der Waals surface area (Å²) in [5.74, 6) is 0.718. The molecule has 30 heavy (non-hydrogen) atoms. The van der Waals surface area contributed by atoms with Gasteiger partial charge < -0.3 is 10.1 Å². The van der Waals surface area contributed by atoms with Gasteiger partial charge in [0.25, 0.3) is 0 Å². The summed E-state index contributed by atoms with van der Waals surface area (Å²) in [4.78, 5) is 17.4. The summed E-state index contributed by atoms with van der Waals surface area (Å²) in [6.07, 6.45) is 2.17. The average molecular weight is 402 g/mol. The number of benzene rings is 2. The maximum Gasteiger partial charge on any atom is 0.338 e. The van der Waals surface area contributed by atoms with Gasteiger partial charge >= 0.3 is 5.97 Å². The number of aromatic nitrogens is 3. The van der Waals surface area contributed by atoms with E-state index in [2.05, 4.69) is 53.5 Å². The molecule has 1 atom stereocenters. The Hall–Kier alpha value is -3.41. The molecule has 2 heterocycles. The van der Waals surface area contributed by atoms with Gasteiger partial charge in [0.2, 0.25) is 5.95 Å². The first-order valence-corrected chi connectivity index (χ1v) is 10.2. The summed E-state index contributed by atoms with van der Waals surface area (Å²) in [5.41, 5.74) is 4.65. The van der Waals surface area contributed by atoms with Crippen molar-refractivity contribution >= 4 is 11.9 Å². The standard InChI is InChI=1S/C24H26N4O2/c1-16(2)19-9-11-20(12-10-19)22-21(17(3)27-24-25-15-26-28(22)24)23(29)30-14-13-18-7-5-4-6-8-18/h4-12,15-16,22H,13-14H2,1-3H3,(H,25,26,27). The van der Waals surface area contributed by atoms with Crippen LogP contribution in [-0.4, -0.2) is 27.3 Å². The van der Waals surface area contributed by atoms with Crippen LogP contribution >= 0.6 is 0 Å². The van der Waals surface area contributed by atoms with E-state index < -0.39 is 0 Å². The minimum atomic E-state index is -0.380. The van der Waals surface area contributed by atoms with Gasteiger partial charge in [0, 0.05) is 12.1 Å². The fourth-order valence-corrected chi connectivity index (χ4v) is 3.71. The maximum atomic E-state index is 13.1. The molecule has 0 aliphatic carbocycles. The zero-order valence-electron chi connectivity index (χ0n) is 17.5. The van der Waals surface area contributed by atoms with Gasteiger partial charge in [-0.05, 0) is 29.5 Å². The smallest absolute Gasteiger partial charge is 0.338 e. The monoisotopic (exact) mass is 402 g/mol. The summed E-state index contributed by atoms with van der Waals surface area (Å²) in [6, 6.07) is 17.9. The lowest BCUT2D eigenvalue weighted by molar-refractivity contribution is -0.139. The van der Waals surface area contributed by atoms with Crippen molar-refractivity contribution in [3.05, 3.63) is 88.9 Å². The largest absolute Gasteiger partial charge is 0.462 e. The second-order valence-corrected chi connectivity index (χ2v) is 7.79. The van der Waals surface area contributed by atoms with E-state index in [0.717, 1.165) is 16.8 Å². The summed E-state index contributed by atoms with van der Waals surface area (Å²) in [6.45, 7) is 6.52. The van der Waals surface area contributed by atoms with Gasteiger partial charge in [-0.25, -0.2) is 9.48 Å². The van der Waals surface area contributed by atoms with Crippen LogP contribution in [0.5, 0.6) is 0 Å². The average Bonchev–Trinajstić information content (AvgIpc) is 3.21. The number of allylic oxidation sites excluding steroid dienone is 1. The molecular weight excluding hydrogens is 376 g/mol. The molecule has 4 rings (SSSR count). The summed E-state index contributed by atoms with van der Waals surface area (Å²) >= 11 is 0. The van der Waals surface area contributed by atoms with Crippen molar-refractivity contribution in [2.75, 3.05) is 11.9 Å². The third kappa shape index (κ3) is 3.99. The molecule has 0 spiro atoms. The van der Waals surface area contributed by atoms with Crippen molar-refractivity contribution < 1.29 is 9.53 Å². The van der Waals surface area contributed by atoms with Crippen LogP contribution < -0.4 is 5.32 Å². The Labute approximate surface area is 176 Å². The Kier molecular flexibility index (Phi) is 5.65. The van der Waals surface area contributed by atoms with Crippen LogP contribution in [0, 0.1) is 0 Å². The molecule has 0 bridgehead atoms. The predicted octanol–water partition coefficient (Wildman–Crippen LogP) is 4.48. The summed E-state index contributed by atoms with van der Waals surface area (Å²) < 4.78 is 7.40. The van der Waals surface area contributed by atoms with Gasteiger partial charge in [-0.2, -0.15) is 10.1 Å². The summed E-state index contributed by atoms with van der Waals surface area (Å²) in [5, 5.41) is 7.54. The van der Waals surface area contributed by atoms with Crippen LogP contribution in [0.2, 0.25) is 0 Å². The van der Waals surface area contributed by atoms with Crippen LogP contribution in [0.3, 0.4) is 0 Å². The molecule has 0 saturated heterocycles. The highest BCUT2D eigenvalue weighted by atomic mass is 16.5. The minimum absolute atomic E-state index is 0.322. The maximum absolute atomic E-state index is 13.1. The molecule has 1 N–H and O–H groups in total. The lowest BCUT2D eigenvalue weighted by Crippen LogP contribution is -2.30. The molecule has 0 fully saturated rings. The number of nitrogens with zero attached hydrogens (tertiary/aromatic N) is 3. The van der Waals surface area contributed by atoms with E-state index in [4.69, 9.17) is 4.74 Å². The Bertz CT molecular complexity index is 1050. The van der Waals surface area contributed by atoms with E-state index in [1.54, 1.807) is 4.68 Å². The molecule has 2 aromatic carbocycles. The molecule has 1 aromatic heterocycles. The number of ether oxygens (including phenoxy) is 1. The minimum Gasteiger partial charge on any atom is -0.462 e. The van der Waals surface area contributed by atoms with Gasteiger partial charge in [0.1, 0.15) is 12.4 Å². The molecule has 6 heteroatoms. The van der Waals surface area contributed by atoms with Crippen molar-refractivity contribution in [2.45, 2.75) is 39.2 Å². The van der Waals surface area contributed by atoms with Crippen molar-refractivity contribution in [3.63, 3.8) is 0 Å². The number of nitrogens with one attached hydrogen (secondary N) is 1. The van der Waals surface area contributed by atoms with Crippen LogP contribution in [0.25, 0.3) is 0 Å². The van der Waals surface area contributed by atoms with Crippen LogP contribution in [-0.2, 0) is 16.0 Å². The SMILES string of the molecule is CC1=C(C(=O)OCCc2ccccc2)C(c2ccc(C(C)C)cc2)n2ncnc2N1. The second-order valence-electron chi connectivity index (χ2n) is 7.79. The molecule has 6 nitrogen and oxygen atoms in total. The first-order valence-electron chi connectivity index (χ1n) is 10.2. The van der Waals surface area contributed by atoms with Crippen LogP contribution in [0.15, 0.2) is 72.2 Å². The Morgan fingerprint density at radius 3 is 2.57 bits per heavy atom. The molecule has 0 saturated carbocycles. The lowest BCUT2D eigenvalue weighted by Gasteiger charge is -2.28. The quantitative estimate of drug-likeness (QED) is 0.616. The van der Waals surface area contributed by atoms with E-state index in [1.165, 1.54) is 11.9 Å². The molecule has 1 unspecified atom stereocenters. The van der Waals surface area contributed by atoms with Crippen molar-refractivity contribution in [1.82, 2.24) is 14.8 Å².